The smallest absolute Gasteiger partial charge is 0.263 e. The van der Waals surface area contributed by atoms with Crippen molar-refractivity contribution in [3.8, 4) is 5.75 Å². The lowest BCUT2D eigenvalue weighted by molar-refractivity contribution is -0.128. The third-order valence-electron chi connectivity index (χ3n) is 5.19. The van der Waals surface area contributed by atoms with Crippen molar-refractivity contribution in [2.75, 3.05) is 17.1 Å². The van der Waals surface area contributed by atoms with Crippen molar-refractivity contribution in [3.63, 3.8) is 0 Å². The van der Waals surface area contributed by atoms with Crippen LogP contribution in [0.15, 0.2) is 30.3 Å². The summed E-state index contributed by atoms with van der Waals surface area (Å²) in [7, 11) is -3.61. The van der Waals surface area contributed by atoms with Crippen LogP contribution in [0.25, 0.3) is 0 Å². The number of ether oxygens (including phenoxy) is 1. The van der Waals surface area contributed by atoms with E-state index in [4.69, 9.17) is 16.3 Å². The van der Waals surface area contributed by atoms with Gasteiger partial charge in [0, 0.05) is 5.02 Å². The molecule has 2 atom stereocenters. The quantitative estimate of drug-likeness (QED) is 0.793. The van der Waals surface area contributed by atoms with Crippen LogP contribution >= 0.6 is 11.6 Å². The molecule has 6 nitrogen and oxygen atoms in total. The predicted octanol–water partition coefficient (Wildman–Crippen LogP) is 3.67. The van der Waals surface area contributed by atoms with Gasteiger partial charge in [0.2, 0.25) is 10.0 Å². The molecule has 0 aliphatic carbocycles. The number of nitrogens with one attached hydrogen (secondary N) is 1. The molecular formula is C21H25ClN2O4S. The summed E-state index contributed by atoms with van der Waals surface area (Å²) in [4.78, 5) is 12.9. The lowest BCUT2D eigenvalue weighted by atomic mass is 9.96. The van der Waals surface area contributed by atoms with Crippen molar-refractivity contribution >= 4 is 33.2 Å². The molecule has 0 radical (unpaired) electrons. The number of benzene rings is 2. The highest BCUT2D eigenvalue weighted by Crippen LogP contribution is 2.37. The van der Waals surface area contributed by atoms with E-state index in [0.29, 0.717) is 16.5 Å². The van der Waals surface area contributed by atoms with Gasteiger partial charge in [-0.3, -0.25) is 9.10 Å². The third-order valence-corrected chi connectivity index (χ3v) is 6.57. The molecular weight excluding hydrogens is 412 g/mol. The van der Waals surface area contributed by atoms with Crippen LogP contribution in [0.3, 0.4) is 0 Å². The van der Waals surface area contributed by atoms with Gasteiger partial charge >= 0.3 is 0 Å². The van der Waals surface area contributed by atoms with Crippen molar-refractivity contribution < 1.29 is 17.9 Å². The molecule has 8 heteroatoms. The molecule has 1 aliphatic heterocycles. The molecule has 156 valence electrons. The molecule has 2 aromatic rings. The number of sulfonamides is 1. The minimum absolute atomic E-state index is 0.114. The fourth-order valence-corrected chi connectivity index (χ4v) is 4.58. The first kappa shape index (κ1) is 21.5. The number of anilines is 1. The Morgan fingerprint density at radius 1 is 1.17 bits per heavy atom. The standard InChI is InChI=1S/C21H25ClN2O4S/c1-12-8-14(3)17(9-13(12)2)15(4)23-21(25)20-11-24(29(5,26)27)18-10-16(22)6-7-19(18)28-20/h6-10,15,20H,11H2,1-5H3,(H,23,25)/t15-,20-/m0/s1. The maximum Gasteiger partial charge on any atom is 0.263 e. The molecule has 0 saturated carbocycles. The summed E-state index contributed by atoms with van der Waals surface area (Å²) in [6.07, 6.45) is 0.131. The molecule has 1 N–H and O–H groups in total. The van der Waals surface area contributed by atoms with Crippen LogP contribution in [0.2, 0.25) is 5.02 Å². The minimum atomic E-state index is -3.61. The molecule has 1 heterocycles. The SMILES string of the molecule is Cc1cc(C)c([C@H](C)NC(=O)[C@@H]2CN(S(C)(=O)=O)c3cc(Cl)ccc3O2)cc1C. The molecule has 0 bridgehead atoms. The Labute approximate surface area is 176 Å². The Balaban J connectivity index is 1.85. The van der Waals surface area contributed by atoms with Gasteiger partial charge in [-0.1, -0.05) is 23.7 Å². The Bertz CT molecular complexity index is 1070. The molecule has 2 aromatic carbocycles. The van der Waals surface area contributed by atoms with Gasteiger partial charge in [-0.15, -0.1) is 0 Å². The summed E-state index contributed by atoms with van der Waals surface area (Å²) in [5, 5.41) is 3.35. The number of amides is 1. The normalized spacial score (nSPS) is 17.3. The number of nitrogens with zero attached hydrogens (tertiary/aromatic N) is 1. The van der Waals surface area contributed by atoms with Crippen molar-refractivity contribution in [2.45, 2.75) is 39.8 Å². The lowest BCUT2D eigenvalue weighted by Crippen LogP contribution is -2.50. The van der Waals surface area contributed by atoms with Crippen LogP contribution < -0.4 is 14.4 Å². The summed E-state index contributed by atoms with van der Waals surface area (Å²) in [5.74, 6) is -0.0642. The number of carbonyl (C=O) groups excluding carboxylic acids is 1. The van der Waals surface area contributed by atoms with Crippen molar-refractivity contribution in [3.05, 3.63) is 57.6 Å². The second-order valence-corrected chi connectivity index (χ2v) is 9.88. The molecule has 0 aromatic heterocycles. The number of aryl methyl sites for hydroxylation is 3. The topological polar surface area (TPSA) is 75.7 Å². The van der Waals surface area contributed by atoms with Crippen molar-refractivity contribution in [1.82, 2.24) is 5.32 Å². The number of rotatable bonds is 4. The highest BCUT2D eigenvalue weighted by atomic mass is 35.5. The molecule has 3 rings (SSSR count). The second-order valence-electron chi connectivity index (χ2n) is 7.54. The zero-order valence-corrected chi connectivity index (χ0v) is 18.7. The molecule has 1 amide bonds. The highest BCUT2D eigenvalue weighted by molar-refractivity contribution is 7.92. The van der Waals surface area contributed by atoms with Crippen LogP contribution in [0.5, 0.6) is 5.75 Å². The Kier molecular flexibility index (Phi) is 5.83. The first-order chi connectivity index (χ1) is 13.5. The van der Waals surface area contributed by atoms with E-state index in [-0.39, 0.29) is 18.5 Å². The maximum atomic E-state index is 12.9. The largest absolute Gasteiger partial charge is 0.476 e. The van der Waals surface area contributed by atoms with Gasteiger partial charge in [0.05, 0.1) is 24.5 Å². The molecule has 1 aliphatic rings. The van der Waals surface area contributed by atoms with E-state index in [2.05, 4.69) is 24.4 Å². The molecule has 29 heavy (non-hydrogen) atoms. The number of halogens is 1. The van der Waals surface area contributed by atoms with Gasteiger partial charge in [0.25, 0.3) is 5.91 Å². The number of hydrogen-bond acceptors (Lipinski definition) is 4. The van der Waals surface area contributed by atoms with E-state index in [0.717, 1.165) is 27.3 Å². The summed E-state index contributed by atoms with van der Waals surface area (Å²) in [6, 6.07) is 8.61. The lowest BCUT2D eigenvalue weighted by Gasteiger charge is -2.34. The summed E-state index contributed by atoms with van der Waals surface area (Å²) in [5.41, 5.74) is 4.78. The monoisotopic (exact) mass is 436 g/mol. The van der Waals surface area contributed by atoms with Crippen LogP contribution in [0.4, 0.5) is 5.69 Å². The Morgan fingerprint density at radius 3 is 2.48 bits per heavy atom. The van der Waals surface area contributed by atoms with E-state index in [1.165, 1.54) is 11.6 Å². The summed E-state index contributed by atoms with van der Waals surface area (Å²) >= 11 is 6.01. The average molecular weight is 437 g/mol. The van der Waals surface area contributed by atoms with E-state index in [1.54, 1.807) is 12.1 Å². The summed E-state index contributed by atoms with van der Waals surface area (Å²) < 4.78 is 31.5. The first-order valence-electron chi connectivity index (χ1n) is 9.29. The van der Waals surface area contributed by atoms with Gasteiger partial charge in [-0.25, -0.2) is 8.42 Å². The van der Waals surface area contributed by atoms with Gasteiger partial charge in [0.1, 0.15) is 5.75 Å². The highest BCUT2D eigenvalue weighted by Gasteiger charge is 2.35. The fourth-order valence-electron chi connectivity index (χ4n) is 3.51. The van der Waals surface area contributed by atoms with E-state index < -0.39 is 16.1 Å². The summed E-state index contributed by atoms with van der Waals surface area (Å²) in [6.45, 7) is 7.88. The molecule has 0 saturated heterocycles. The Hall–Kier alpha value is -2.25. The molecule has 0 spiro atoms. The van der Waals surface area contributed by atoms with Crippen LogP contribution in [0.1, 0.15) is 35.2 Å². The van der Waals surface area contributed by atoms with E-state index >= 15 is 0 Å². The maximum absolute atomic E-state index is 12.9. The number of carbonyl (C=O) groups is 1. The Morgan fingerprint density at radius 2 is 1.83 bits per heavy atom. The van der Waals surface area contributed by atoms with Crippen LogP contribution in [0, 0.1) is 20.8 Å². The van der Waals surface area contributed by atoms with E-state index in [1.807, 2.05) is 20.8 Å². The third kappa shape index (κ3) is 4.51. The number of fused-ring (bicyclic) bond motifs is 1. The zero-order valence-electron chi connectivity index (χ0n) is 17.1. The zero-order chi connectivity index (χ0) is 21.5. The predicted molar refractivity (Wildman–Crippen MR) is 115 cm³/mol. The van der Waals surface area contributed by atoms with Crippen molar-refractivity contribution in [1.29, 1.82) is 0 Å². The van der Waals surface area contributed by atoms with Crippen molar-refractivity contribution in [2.24, 2.45) is 0 Å². The van der Waals surface area contributed by atoms with Gasteiger partial charge in [-0.05, 0) is 68.1 Å². The van der Waals surface area contributed by atoms with Gasteiger partial charge < -0.3 is 10.1 Å². The van der Waals surface area contributed by atoms with E-state index in [9.17, 15) is 13.2 Å². The molecule has 0 unspecified atom stereocenters. The molecule has 0 fully saturated rings. The fraction of sp³-hybridized carbons (Fsp3) is 0.381. The first-order valence-corrected chi connectivity index (χ1v) is 11.5. The average Bonchev–Trinajstić information content (AvgIpc) is 2.62. The minimum Gasteiger partial charge on any atom is -0.476 e. The van der Waals surface area contributed by atoms with Crippen LogP contribution in [-0.2, 0) is 14.8 Å². The van der Waals surface area contributed by atoms with Gasteiger partial charge in [-0.2, -0.15) is 0 Å². The van der Waals surface area contributed by atoms with Gasteiger partial charge in [0.15, 0.2) is 6.10 Å². The van der Waals surface area contributed by atoms with Crippen LogP contribution in [-0.4, -0.2) is 33.2 Å². The number of hydrogen-bond donors (Lipinski definition) is 1. The second kappa shape index (κ2) is 7.88.